The number of anilines is 1. The zero-order valence-corrected chi connectivity index (χ0v) is 18.4. The molecule has 1 amide bonds. The second kappa shape index (κ2) is 9.13. The van der Waals surface area contributed by atoms with Crippen LogP contribution in [0.3, 0.4) is 0 Å². The maximum absolute atomic E-state index is 13.8. The van der Waals surface area contributed by atoms with Gasteiger partial charge in [-0.3, -0.25) is 14.2 Å². The molecular formula is C21H15F2N3O2S3. The number of hydrogen-bond donors (Lipinski definition) is 1. The average Bonchev–Trinajstić information content (AvgIpc) is 3.40. The van der Waals surface area contributed by atoms with Gasteiger partial charge in [-0.2, -0.15) is 0 Å². The van der Waals surface area contributed by atoms with Gasteiger partial charge in [0, 0.05) is 28.4 Å². The number of nitrogens with zero attached hydrogens (tertiary/aromatic N) is 2. The zero-order valence-electron chi connectivity index (χ0n) is 15.9. The van der Waals surface area contributed by atoms with E-state index < -0.39 is 17.5 Å². The molecule has 0 radical (unpaired) electrons. The summed E-state index contributed by atoms with van der Waals surface area (Å²) < 4.78 is 28.2. The first-order valence-corrected chi connectivity index (χ1v) is 11.8. The molecule has 0 aliphatic heterocycles. The minimum atomic E-state index is -0.860. The molecule has 0 aliphatic rings. The molecule has 4 aromatic rings. The Morgan fingerprint density at radius 3 is 2.84 bits per heavy atom. The molecule has 4 rings (SSSR count). The van der Waals surface area contributed by atoms with Crippen molar-refractivity contribution in [2.45, 2.75) is 11.7 Å². The standard InChI is InChI=1S/C21H15F2N3O2S3/c1-2-7-26-20(28)18-13(16-4-3-8-29-16)10-30-19(18)25-21(26)31-11-17(27)24-15-6-5-12(22)9-14(15)23/h2-6,8-10H,1,7,11H2,(H,24,27). The van der Waals surface area contributed by atoms with Crippen LogP contribution < -0.4 is 10.9 Å². The maximum Gasteiger partial charge on any atom is 0.263 e. The Hall–Kier alpha value is -2.82. The second-order valence-corrected chi connectivity index (χ2v) is 9.11. The van der Waals surface area contributed by atoms with Crippen LogP contribution >= 0.6 is 34.4 Å². The minimum Gasteiger partial charge on any atom is -0.323 e. The van der Waals surface area contributed by atoms with Crippen molar-refractivity contribution in [3.63, 3.8) is 0 Å². The summed E-state index contributed by atoms with van der Waals surface area (Å²) in [6.45, 7) is 3.94. The number of thioether (sulfide) groups is 1. The van der Waals surface area contributed by atoms with E-state index in [4.69, 9.17) is 0 Å². The van der Waals surface area contributed by atoms with Crippen LogP contribution in [0.5, 0.6) is 0 Å². The highest BCUT2D eigenvalue weighted by atomic mass is 32.2. The molecule has 3 aromatic heterocycles. The number of thiophene rings is 2. The Labute approximate surface area is 188 Å². The number of benzene rings is 1. The Balaban J connectivity index is 1.61. The SMILES string of the molecule is C=CCn1c(SCC(=O)Nc2ccc(F)cc2F)nc2scc(-c3cccs3)c2c1=O. The van der Waals surface area contributed by atoms with E-state index in [1.54, 1.807) is 17.4 Å². The van der Waals surface area contributed by atoms with Crippen LogP contribution in [-0.2, 0) is 11.3 Å². The van der Waals surface area contributed by atoms with Crippen molar-refractivity contribution in [2.24, 2.45) is 0 Å². The number of fused-ring (bicyclic) bond motifs is 1. The number of halogens is 2. The molecular weight excluding hydrogens is 460 g/mol. The van der Waals surface area contributed by atoms with Crippen LogP contribution in [0.25, 0.3) is 20.7 Å². The van der Waals surface area contributed by atoms with Crippen LogP contribution in [0.4, 0.5) is 14.5 Å². The third kappa shape index (κ3) is 4.46. The van der Waals surface area contributed by atoms with E-state index in [-0.39, 0.29) is 23.5 Å². The van der Waals surface area contributed by atoms with Crippen molar-refractivity contribution < 1.29 is 13.6 Å². The number of allylic oxidation sites excluding steroid dienone is 1. The van der Waals surface area contributed by atoms with E-state index in [0.29, 0.717) is 21.4 Å². The third-order valence-corrected chi connectivity index (χ3v) is 7.05. The van der Waals surface area contributed by atoms with Crippen LogP contribution in [0.2, 0.25) is 0 Å². The number of carbonyl (C=O) groups is 1. The molecule has 0 saturated carbocycles. The third-order valence-electron chi connectivity index (χ3n) is 4.29. The van der Waals surface area contributed by atoms with Crippen LogP contribution in [0, 0.1) is 11.6 Å². The lowest BCUT2D eigenvalue weighted by molar-refractivity contribution is -0.113. The van der Waals surface area contributed by atoms with E-state index in [2.05, 4.69) is 16.9 Å². The molecule has 0 saturated heterocycles. The molecule has 0 bridgehead atoms. The Morgan fingerprint density at radius 2 is 2.13 bits per heavy atom. The number of nitrogens with one attached hydrogen (secondary N) is 1. The highest BCUT2D eigenvalue weighted by Gasteiger charge is 2.18. The van der Waals surface area contributed by atoms with Gasteiger partial charge < -0.3 is 5.32 Å². The van der Waals surface area contributed by atoms with E-state index in [9.17, 15) is 18.4 Å². The fourth-order valence-corrected chi connectivity index (χ4v) is 5.54. The number of rotatable bonds is 7. The Morgan fingerprint density at radius 1 is 1.29 bits per heavy atom. The van der Waals surface area contributed by atoms with Gasteiger partial charge in [0.15, 0.2) is 5.16 Å². The van der Waals surface area contributed by atoms with Crippen LogP contribution in [0.15, 0.2) is 63.7 Å². The zero-order chi connectivity index (χ0) is 22.0. The first kappa shape index (κ1) is 21.4. The number of amides is 1. The summed E-state index contributed by atoms with van der Waals surface area (Å²) in [6.07, 6.45) is 1.59. The predicted molar refractivity (Wildman–Crippen MR) is 123 cm³/mol. The molecule has 0 spiro atoms. The Bertz CT molecular complexity index is 1330. The van der Waals surface area contributed by atoms with E-state index in [0.717, 1.165) is 34.3 Å². The number of carbonyl (C=O) groups excluding carboxylic acids is 1. The highest BCUT2D eigenvalue weighted by molar-refractivity contribution is 7.99. The largest absolute Gasteiger partial charge is 0.323 e. The molecule has 0 unspecified atom stereocenters. The van der Waals surface area contributed by atoms with Crippen molar-refractivity contribution in [1.82, 2.24) is 9.55 Å². The minimum absolute atomic E-state index is 0.102. The van der Waals surface area contributed by atoms with Gasteiger partial charge in [-0.05, 0) is 23.6 Å². The topological polar surface area (TPSA) is 64.0 Å². The van der Waals surface area contributed by atoms with Crippen LogP contribution in [-0.4, -0.2) is 21.2 Å². The van der Waals surface area contributed by atoms with Gasteiger partial charge in [0.05, 0.1) is 16.8 Å². The molecule has 0 atom stereocenters. The summed E-state index contributed by atoms with van der Waals surface area (Å²) in [5.74, 6) is -2.19. The van der Waals surface area contributed by atoms with Crippen LogP contribution in [0.1, 0.15) is 0 Å². The summed E-state index contributed by atoms with van der Waals surface area (Å²) in [5.41, 5.74) is 0.520. The van der Waals surface area contributed by atoms with Crippen molar-refractivity contribution in [3.05, 3.63) is 75.7 Å². The normalized spacial score (nSPS) is 11.0. The fraction of sp³-hybridized carbons (Fsp3) is 0.0952. The quantitative estimate of drug-likeness (QED) is 0.221. The molecule has 3 heterocycles. The first-order chi connectivity index (χ1) is 15.0. The van der Waals surface area contributed by atoms with Gasteiger partial charge in [0.1, 0.15) is 16.5 Å². The first-order valence-electron chi connectivity index (χ1n) is 9.02. The fourth-order valence-electron chi connectivity index (χ4n) is 2.93. The molecule has 0 aliphatic carbocycles. The summed E-state index contributed by atoms with van der Waals surface area (Å²) in [5, 5.41) is 7.16. The number of aromatic nitrogens is 2. The molecule has 1 aromatic carbocycles. The highest BCUT2D eigenvalue weighted by Crippen LogP contribution is 2.34. The molecule has 1 N–H and O–H groups in total. The second-order valence-electron chi connectivity index (χ2n) is 6.37. The smallest absolute Gasteiger partial charge is 0.263 e. The van der Waals surface area contributed by atoms with Crippen molar-refractivity contribution in [3.8, 4) is 10.4 Å². The summed E-state index contributed by atoms with van der Waals surface area (Å²) >= 11 is 3.97. The lowest BCUT2D eigenvalue weighted by atomic mass is 10.2. The predicted octanol–water partition coefficient (Wildman–Crippen LogP) is 5.38. The average molecular weight is 476 g/mol. The van der Waals surface area contributed by atoms with E-state index in [1.807, 2.05) is 22.9 Å². The van der Waals surface area contributed by atoms with Crippen molar-refractivity contribution in [2.75, 3.05) is 11.1 Å². The van der Waals surface area contributed by atoms with Crippen molar-refractivity contribution in [1.29, 1.82) is 0 Å². The van der Waals surface area contributed by atoms with Gasteiger partial charge in [0.25, 0.3) is 5.56 Å². The van der Waals surface area contributed by atoms with Gasteiger partial charge >= 0.3 is 0 Å². The number of hydrogen-bond acceptors (Lipinski definition) is 6. The monoisotopic (exact) mass is 475 g/mol. The van der Waals surface area contributed by atoms with Gasteiger partial charge in [-0.1, -0.05) is 23.9 Å². The maximum atomic E-state index is 13.8. The summed E-state index contributed by atoms with van der Waals surface area (Å²) in [6, 6.07) is 6.78. The lowest BCUT2D eigenvalue weighted by Gasteiger charge is -2.11. The van der Waals surface area contributed by atoms with Gasteiger partial charge in [0.2, 0.25) is 5.91 Å². The molecule has 158 valence electrons. The molecule has 0 fully saturated rings. The van der Waals surface area contributed by atoms with E-state index in [1.165, 1.54) is 15.9 Å². The Kier molecular flexibility index (Phi) is 6.30. The lowest BCUT2D eigenvalue weighted by Crippen LogP contribution is -2.23. The summed E-state index contributed by atoms with van der Waals surface area (Å²) in [7, 11) is 0. The van der Waals surface area contributed by atoms with Gasteiger partial charge in [-0.15, -0.1) is 29.3 Å². The summed E-state index contributed by atoms with van der Waals surface area (Å²) in [4.78, 5) is 31.7. The van der Waals surface area contributed by atoms with Crippen molar-refractivity contribution >= 4 is 56.2 Å². The molecule has 5 nitrogen and oxygen atoms in total. The molecule has 31 heavy (non-hydrogen) atoms. The van der Waals surface area contributed by atoms with E-state index >= 15 is 0 Å². The van der Waals surface area contributed by atoms with Gasteiger partial charge in [-0.25, -0.2) is 13.8 Å². The molecule has 10 heteroatoms.